The number of hydrogen-bond donors (Lipinski definition) is 0. The van der Waals surface area contributed by atoms with E-state index in [1.165, 1.54) is 26.0 Å². The van der Waals surface area contributed by atoms with E-state index in [1.54, 1.807) is 12.1 Å². The van der Waals surface area contributed by atoms with Crippen molar-refractivity contribution in [2.24, 2.45) is 5.92 Å². The van der Waals surface area contributed by atoms with Gasteiger partial charge in [0.15, 0.2) is 11.6 Å². The van der Waals surface area contributed by atoms with Crippen molar-refractivity contribution < 1.29 is 13.9 Å². The lowest BCUT2D eigenvalue weighted by Gasteiger charge is -2.35. The first kappa shape index (κ1) is 14.5. The smallest absolute Gasteiger partial charge is 0.165 e. The molecule has 114 valence electrons. The van der Waals surface area contributed by atoms with Crippen molar-refractivity contribution in [1.29, 1.82) is 0 Å². The second kappa shape index (κ2) is 5.76. The molecule has 2 unspecified atom stereocenters. The zero-order chi connectivity index (χ0) is 15.0. The van der Waals surface area contributed by atoms with Crippen LogP contribution in [0.2, 0.25) is 0 Å². The number of rotatable bonds is 4. The summed E-state index contributed by atoms with van der Waals surface area (Å²) in [6.07, 6.45) is 4.67. The molecule has 0 saturated carbocycles. The highest BCUT2D eigenvalue weighted by molar-refractivity contribution is 5.83. The number of ether oxygens (including phenoxy) is 1. The number of benzene rings is 1. The Labute approximate surface area is 125 Å². The van der Waals surface area contributed by atoms with E-state index in [2.05, 4.69) is 11.9 Å². The van der Waals surface area contributed by atoms with Gasteiger partial charge in [-0.05, 0) is 50.4 Å². The molecule has 2 aliphatic rings. The molecule has 1 aromatic carbocycles. The fraction of sp³-hybridized carbons (Fsp3) is 0.588. The number of hydrogen-bond acceptors (Lipinski definition) is 3. The van der Waals surface area contributed by atoms with Gasteiger partial charge in [0, 0.05) is 24.4 Å². The number of carbonyl (C=O) groups is 1. The molecule has 1 aromatic rings. The van der Waals surface area contributed by atoms with Gasteiger partial charge in [-0.3, -0.25) is 4.79 Å². The summed E-state index contributed by atoms with van der Waals surface area (Å²) in [7, 11) is 3.61. The minimum absolute atomic E-state index is 0.142. The lowest BCUT2D eigenvalue weighted by molar-refractivity contribution is -0.124. The van der Waals surface area contributed by atoms with Crippen LogP contribution in [0.1, 0.15) is 31.2 Å². The van der Waals surface area contributed by atoms with E-state index in [9.17, 15) is 9.18 Å². The summed E-state index contributed by atoms with van der Waals surface area (Å²) in [5.41, 5.74) is 0.740. The van der Waals surface area contributed by atoms with E-state index in [1.807, 2.05) is 0 Å². The van der Waals surface area contributed by atoms with Crippen molar-refractivity contribution in [3.8, 4) is 5.75 Å². The first-order chi connectivity index (χ1) is 10.1. The first-order valence-electron chi connectivity index (χ1n) is 7.65. The summed E-state index contributed by atoms with van der Waals surface area (Å²) >= 11 is 0. The Morgan fingerprint density at radius 3 is 2.57 bits per heavy atom. The average Bonchev–Trinajstić information content (AvgIpc) is 2.69. The van der Waals surface area contributed by atoms with Crippen LogP contribution in [0.15, 0.2) is 18.2 Å². The van der Waals surface area contributed by atoms with Gasteiger partial charge < -0.3 is 9.64 Å². The van der Waals surface area contributed by atoms with Crippen molar-refractivity contribution in [1.82, 2.24) is 4.90 Å². The van der Waals surface area contributed by atoms with Gasteiger partial charge in [-0.2, -0.15) is 0 Å². The van der Waals surface area contributed by atoms with Crippen LogP contribution in [0.4, 0.5) is 4.39 Å². The molecule has 2 heterocycles. The van der Waals surface area contributed by atoms with E-state index in [-0.39, 0.29) is 17.5 Å². The van der Waals surface area contributed by atoms with Crippen molar-refractivity contribution in [2.75, 3.05) is 14.2 Å². The molecule has 2 fully saturated rings. The summed E-state index contributed by atoms with van der Waals surface area (Å²) in [5, 5.41) is 0. The van der Waals surface area contributed by atoms with Crippen molar-refractivity contribution in [3.63, 3.8) is 0 Å². The Bertz CT molecular complexity index is 532. The lowest BCUT2D eigenvalue weighted by atomic mass is 9.85. The summed E-state index contributed by atoms with van der Waals surface area (Å²) in [6, 6.07) is 5.91. The Morgan fingerprint density at radius 1 is 1.33 bits per heavy atom. The van der Waals surface area contributed by atoms with Crippen LogP contribution in [-0.4, -0.2) is 36.9 Å². The number of halogens is 1. The molecule has 2 bridgehead atoms. The Hall–Kier alpha value is -1.42. The van der Waals surface area contributed by atoms with E-state index in [0.29, 0.717) is 18.5 Å². The topological polar surface area (TPSA) is 29.5 Å². The Kier molecular flexibility index (Phi) is 3.98. The maximum atomic E-state index is 13.7. The largest absolute Gasteiger partial charge is 0.494 e. The molecule has 0 N–H and O–H groups in total. The van der Waals surface area contributed by atoms with Gasteiger partial charge in [0.1, 0.15) is 5.78 Å². The maximum Gasteiger partial charge on any atom is 0.165 e. The SMILES string of the molecule is COc1ccc(CC(=O)C2CC3CCC(C2)N3C)cc1F. The highest BCUT2D eigenvalue weighted by Gasteiger charge is 2.40. The summed E-state index contributed by atoms with van der Waals surface area (Å²) in [6.45, 7) is 0. The van der Waals surface area contributed by atoms with E-state index in [0.717, 1.165) is 18.4 Å². The number of carbonyl (C=O) groups excluding carboxylic acids is 1. The molecule has 0 radical (unpaired) electrons. The zero-order valence-corrected chi connectivity index (χ0v) is 12.6. The van der Waals surface area contributed by atoms with Crippen LogP contribution < -0.4 is 4.74 Å². The number of piperidine rings is 1. The second-order valence-electron chi connectivity index (χ2n) is 6.33. The van der Waals surface area contributed by atoms with Crippen LogP contribution in [0.25, 0.3) is 0 Å². The van der Waals surface area contributed by atoms with Gasteiger partial charge in [-0.1, -0.05) is 6.07 Å². The van der Waals surface area contributed by atoms with Gasteiger partial charge in [-0.25, -0.2) is 4.39 Å². The fourth-order valence-electron chi connectivity index (χ4n) is 3.84. The van der Waals surface area contributed by atoms with E-state index < -0.39 is 5.82 Å². The van der Waals surface area contributed by atoms with Crippen LogP contribution in [0.3, 0.4) is 0 Å². The molecular weight excluding hydrogens is 269 g/mol. The Morgan fingerprint density at radius 2 is 2.00 bits per heavy atom. The molecular formula is C17H22FNO2. The highest BCUT2D eigenvalue weighted by atomic mass is 19.1. The highest BCUT2D eigenvalue weighted by Crippen LogP contribution is 2.38. The van der Waals surface area contributed by atoms with Crippen molar-refractivity contribution >= 4 is 5.78 Å². The van der Waals surface area contributed by atoms with Crippen LogP contribution in [-0.2, 0) is 11.2 Å². The van der Waals surface area contributed by atoms with Crippen molar-refractivity contribution in [2.45, 2.75) is 44.2 Å². The predicted octanol–water partition coefficient (Wildman–Crippen LogP) is 2.82. The number of ketones is 1. The second-order valence-corrected chi connectivity index (χ2v) is 6.33. The van der Waals surface area contributed by atoms with Gasteiger partial charge in [0.25, 0.3) is 0 Å². The van der Waals surface area contributed by atoms with Crippen LogP contribution >= 0.6 is 0 Å². The van der Waals surface area contributed by atoms with E-state index >= 15 is 0 Å². The number of nitrogens with zero attached hydrogens (tertiary/aromatic N) is 1. The standard InChI is InChI=1S/C17H22FNO2/c1-19-13-4-5-14(19)10-12(9-13)16(20)8-11-3-6-17(21-2)15(18)7-11/h3,6-7,12-14H,4-5,8-10H2,1-2H3. The van der Waals surface area contributed by atoms with Crippen molar-refractivity contribution in [3.05, 3.63) is 29.6 Å². The van der Waals surface area contributed by atoms with Crippen LogP contribution in [0, 0.1) is 11.7 Å². The third-order valence-corrected chi connectivity index (χ3v) is 5.15. The monoisotopic (exact) mass is 291 g/mol. The first-order valence-corrected chi connectivity index (χ1v) is 7.65. The molecule has 2 atom stereocenters. The molecule has 2 saturated heterocycles. The number of methoxy groups -OCH3 is 1. The summed E-state index contributed by atoms with van der Waals surface area (Å²) < 4.78 is 18.6. The van der Waals surface area contributed by atoms with Gasteiger partial charge in [0.2, 0.25) is 0 Å². The van der Waals surface area contributed by atoms with Gasteiger partial charge in [-0.15, -0.1) is 0 Å². The lowest BCUT2D eigenvalue weighted by Crippen LogP contribution is -2.42. The number of fused-ring (bicyclic) bond motifs is 2. The molecule has 4 heteroatoms. The molecule has 3 rings (SSSR count). The van der Waals surface area contributed by atoms with Crippen LogP contribution in [0.5, 0.6) is 5.75 Å². The molecule has 21 heavy (non-hydrogen) atoms. The normalized spacial score (nSPS) is 28.6. The fourth-order valence-corrected chi connectivity index (χ4v) is 3.84. The third kappa shape index (κ3) is 2.82. The molecule has 2 aliphatic heterocycles. The summed E-state index contributed by atoms with van der Waals surface area (Å²) in [4.78, 5) is 14.9. The minimum Gasteiger partial charge on any atom is -0.494 e. The minimum atomic E-state index is -0.397. The molecule has 0 spiro atoms. The summed E-state index contributed by atoms with van der Waals surface area (Å²) in [5.74, 6) is 0.225. The Balaban J connectivity index is 1.65. The zero-order valence-electron chi connectivity index (χ0n) is 12.6. The van der Waals surface area contributed by atoms with Gasteiger partial charge >= 0.3 is 0 Å². The molecule has 0 aromatic heterocycles. The quantitative estimate of drug-likeness (QED) is 0.854. The molecule has 0 aliphatic carbocycles. The third-order valence-electron chi connectivity index (χ3n) is 5.15. The number of Topliss-reactive ketones (excluding diaryl/α,β-unsaturated/α-hetero) is 1. The predicted molar refractivity (Wildman–Crippen MR) is 79.0 cm³/mol. The van der Waals surface area contributed by atoms with E-state index in [4.69, 9.17) is 4.74 Å². The molecule has 0 amide bonds. The average molecular weight is 291 g/mol. The molecule has 3 nitrogen and oxygen atoms in total. The van der Waals surface area contributed by atoms with Gasteiger partial charge in [0.05, 0.1) is 7.11 Å². The maximum absolute atomic E-state index is 13.7.